The predicted octanol–water partition coefficient (Wildman–Crippen LogP) is 1.53. The Balaban J connectivity index is 2.36. The molecule has 5 heteroatoms. The Labute approximate surface area is 125 Å². The number of allylic oxidation sites excluding steroid dienone is 1. The van der Waals surface area contributed by atoms with E-state index in [0.717, 1.165) is 11.1 Å². The minimum Gasteiger partial charge on any atom is -0.368 e. The maximum Gasteiger partial charge on any atom is 0.246 e. The highest BCUT2D eigenvalue weighted by Crippen LogP contribution is 2.01. The molecule has 0 aromatic heterocycles. The molecule has 1 aromatic rings. The summed E-state index contributed by atoms with van der Waals surface area (Å²) in [6.45, 7) is 4.09. The number of carbonyl (C=O) groups is 2. The molecule has 0 aliphatic heterocycles. The van der Waals surface area contributed by atoms with Crippen LogP contribution in [0.2, 0.25) is 0 Å². The molecule has 0 aliphatic rings. The van der Waals surface area contributed by atoms with Gasteiger partial charge in [-0.15, -0.1) is 0 Å². The van der Waals surface area contributed by atoms with Crippen LogP contribution in [-0.4, -0.2) is 24.5 Å². The van der Waals surface area contributed by atoms with E-state index in [1.165, 1.54) is 0 Å². The van der Waals surface area contributed by atoms with Crippen molar-refractivity contribution in [2.45, 2.75) is 32.9 Å². The molecule has 0 saturated heterocycles. The van der Waals surface area contributed by atoms with Crippen molar-refractivity contribution in [3.05, 3.63) is 47.5 Å². The molecule has 114 valence electrons. The fraction of sp³-hybridized carbons (Fsp3) is 0.375. The minimum atomic E-state index is -0.701. The van der Waals surface area contributed by atoms with Crippen molar-refractivity contribution in [2.24, 2.45) is 5.73 Å². The summed E-state index contributed by atoms with van der Waals surface area (Å²) in [5, 5.41) is 2.58. The molecule has 1 aromatic carbocycles. The molecule has 21 heavy (non-hydrogen) atoms. The van der Waals surface area contributed by atoms with Gasteiger partial charge in [-0.25, -0.2) is 0 Å². The lowest BCUT2D eigenvalue weighted by Gasteiger charge is -2.14. The molecule has 0 aliphatic carbocycles. The standard InChI is InChI=1S/C16H22N2O3/c1-12(2)8-9-14(16(17)20)18-15(19)11-21-10-13-6-4-3-5-7-13/h3-8,14H,9-11H2,1-2H3,(H2,17,20)(H,18,19)/t14-/m1/s1. The van der Waals surface area contributed by atoms with E-state index in [4.69, 9.17) is 10.5 Å². The first kappa shape index (κ1) is 16.9. The van der Waals surface area contributed by atoms with Crippen molar-refractivity contribution in [2.75, 3.05) is 6.61 Å². The molecular weight excluding hydrogens is 268 g/mol. The largest absolute Gasteiger partial charge is 0.368 e. The van der Waals surface area contributed by atoms with Gasteiger partial charge in [0.05, 0.1) is 6.61 Å². The van der Waals surface area contributed by atoms with Gasteiger partial charge in [0.15, 0.2) is 0 Å². The second kappa shape index (κ2) is 8.92. The molecule has 5 nitrogen and oxygen atoms in total. The molecule has 3 N–H and O–H groups in total. The molecule has 0 bridgehead atoms. The van der Waals surface area contributed by atoms with Crippen LogP contribution in [0.3, 0.4) is 0 Å². The van der Waals surface area contributed by atoms with Crippen molar-refractivity contribution < 1.29 is 14.3 Å². The van der Waals surface area contributed by atoms with Gasteiger partial charge in [-0.3, -0.25) is 9.59 Å². The summed E-state index contributed by atoms with van der Waals surface area (Å²) in [7, 11) is 0. The highest BCUT2D eigenvalue weighted by Gasteiger charge is 2.16. The topological polar surface area (TPSA) is 81.4 Å². The first-order chi connectivity index (χ1) is 9.99. The van der Waals surface area contributed by atoms with Gasteiger partial charge in [-0.2, -0.15) is 0 Å². The normalized spacial score (nSPS) is 11.5. The molecule has 1 rings (SSSR count). The van der Waals surface area contributed by atoms with Gasteiger partial charge in [0.25, 0.3) is 0 Å². The Morgan fingerprint density at radius 1 is 1.29 bits per heavy atom. The monoisotopic (exact) mass is 290 g/mol. The van der Waals surface area contributed by atoms with Gasteiger partial charge in [0, 0.05) is 0 Å². The third-order valence-electron chi connectivity index (χ3n) is 2.79. The Kier molecular flexibility index (Phi) is 7.18. The number of nitrogens with one attached hydrogen (secondary N) is 1. The van der Waals surface area contributed by atoms with Crippen molar-refractivity contribution in [3.63, 3.8) is 0 Å². The summed E-state index contributed by atoms with van der Waals surface area (Å²) in [6.07, 6.45) is 2.25. The third-order valence-corrected chi connectivity index (χ3v) is 2.79. The summed E-state index contributed by atoms with van der Waals surface area (Å²) in [5.41, 5.74) is 7.32. The van der Waals surface area contributed by atoms with Crippen LogP contribution in [0.5, 0.6) is 0 Å². The van der Waals surface area contributed by atoms with E-state index in [9.17, 15) is 9.59 Å². The molecule has 0 unspecified atom stereocenters. The second-order valence-electron chi connectivity index (χ2n) is 5.02. The smallest absolute Gasteiger partial charge is 0.246 e. The lowest BCUT2D eigenvalue weighted by atomic mass is 10.1. The Bertz CT molecular complexity index is 494. The molecule has 2 amide bonds. The summed E-state index contributed by atoms with van der Waals surface area (Å²) >= 11 is 0. The van der Waals surface area contributed by atoms with Crippen LogP contribution in [0.4, 0.5) is 0 Å². The SMILES string of the molecule is CC(C)=CC[C@@H](NC(=O)COCc1ccccc1)C(N)=O. The lowest BCUT2D eigenvalue weighted by Crippen LogP contribution is -2.45. The summed E-state index contributed by atoms with van der Waals surface area (Å²) < 4.78 is 5.31. The van der Waals surface area contributed by atoms with Crippen molar-refractivity contribution in [1.29, 1.82) is 0 Å². The number of amides is 2. The zero-order valence-electron chi connectivity index (χ0n) is 12.5. The zero-order valence-corrected chi connectivity index (χ0v) is 12.5. The highest BCUT2D eigenvalue weighted by atomic mass is 16.5. The van der Waals surface area contributed by atoms with Gasteiger partial charge < -0.3 is 15.8 Å². The lowest BCUT2D eigenvalue weighted by molar-refractivity contribution is -0.130. The Morgan fingerprint density at radius 3 is 2.52 bits per heavy atom. The maximum atomic E-state index is 11.7. The van der Waals surface area contributed by atoms with E-state index in [1.807, 2.05) is 50.3 Å². The first-order valence-electron chi connectivity index (χ1n) is 6.82. The predicted molar refractivity (Wildman–Crippen MR) is 81.3 cm³/mol. The van der Waals surface area contributed by atoms with E-state index < -0.39 is 11.9 Å². The summed E-state index contributed by atoms with van der Waals surface area (Å²) in [5.74, 6) is -0.902. The fourth-order valence-electron chi connectivity index (χ4n) is 1.67. The van der Waals surface area contributed by atoms with Crippen LogP contribution in [0.25, 0.3) is 0 Å². The molecule has 0 heterocycles. The number of ether oxygens (including phenoxy) is 1. The van der Waals surface area contributed by atoms with E-state index in [2.05, 4.69) is 5.32 Å². The molecule has 1 atom stereocenters. The Hall–Kier alpha value is -2.14. The number of primary amides is 1. The van der Waals surface area contributed by atoms with Gasteiger partial charge in [0.2, 0.25) is 11.8 Å². The summed E-state index contributed by atoms with van der Waals surface area (Å²) in [4.78, 5) is 23.0. The van der Waals surface area contributed by atoms with Crippen LogP contribution in [-0.2, 0) is 20.9 Å². The van der Waals surface area contributed by atoms with Crippen molar-refractivity contribution >= 4 is 11.8 Å². The quantitative estimate of drug-likeness (QED) is 0.712. The highest BCUT2D eigenvalue weighted by molar-refractivity contribution is 5.87. The van der Waals surface area contributed by atoms with Crippen LogP contribution >= 0.6 is 0 Å². The number of benzene rings is 1. The number of hydrogen-bond donors (Lipinski definition) is 2. The molecular formula is C16H22N2O3. The number of rotatable bonds is 8. The number of nitrogens with two attached hydrogens (primary N) is 1. The van der Waals surface area contributed by atoms with Crippen LogP contribution in [0.15, 0.2) is 42.0 Å². The van der Waals surface area contributed by atoms with Crippen LogP contribution in [0, 0.1) is 0 Å². The van der Waals surface area contributed by atoms with Crippen LogP contribution < -0.4 is 11.1 Å². The number of carbonyl (C=O) groups excluding carboxylic acids is 2. The second-order valence-corrected chi connectivity index (χ2v) is 5.02. The minimum absolute atomic E-state index is 0.104. The van der Waals surface area contributed by atoms with E-state index in [1.54, 1.807) is 0 Å². The molecule has 0 fully saturated rings. The van der Waals surface area contributed by atoms with E-state index >= 15 is 0 Å². The van der Waals surface area contributed by atoms with Gasteiger partial charge >= 0.3 is 0 Å². The Morgan fingerprint density at radius 2 is 1.95 bits per heavy atom. The summed E-state index contributed by atoms with van der Waals surface area (Å²) in [6, 6.07) is 8.85. The molecule has 0 spiro atoms. The van der Waals surface area contributed by atoms with Crippen LogP contribution in [0.1, 0.15) is 25.8 Å². The van der Waals surface area contributed by atoms with Gasteiger partial charge in [-0.1, -0.05) is 42.0 Å². The first-order valence-corrected chi connectivity index (χ1v) is 6.82. The number of hydrogen-bond acceptors (Lipinski definition) is 3. The molecule has 0 saturated carbocycles. The van der Waals surface area contributed by atoms with Crippen molar-refractivity contribution in [1.82, 2.24) is 5.32 Å². The zero-order chi connectivity index (χ0) is 15.7. The van der Waals surface area contributed by atoms with E-state index in [-0.39, 0.29) is 12.5 Å². The van der Waals surface area contributed by atoms with E-state index in [0.29, 0.717) is 13.0 Å². The van der Waals surface area contributed by atoms with Gasteiger partial charge in [0.1, 0.15) is 12.6 Å². The third kappa shape index (κ3) is 7.27. The maximum absolute atomic E-state index is 11.7. The van der Waals surface area contributed by atoms with Crippen molar-refractivity contribution in [3.8, 4) is 0 Å². The van der Waals surface area contributed by atoms with Gasteiger partial charge in [-0.05, 0) is 25.8 Å². The average molecular weight is 290 g/mol. The fourth-order valence-corrected chi connectivity index (χ4v) is 1.67. The molecule has 0 radical (unpaired) electrons. The average Bonchev–Trinajstić information content (AvgIpc) is 2.44.